The van der Waals surface area contributed by atoms with Crippen LogP contribution >= 0.6 is 0 Å². The largest absolute Gasteiger partial charge is 0.456 e. The lowest BCUT2D eigenvalue weighted by molar-refractivity contribution is 0.409. The van der Waals surface area contributed by atoms with Gasteiger partial charge in [-0.05, 0) is 83.6 Å². The number of aliphatic imine (C=N–C) groups is 1. The van der Waals surface area contributed by atoms with Crippen LogP contribution in [0, 0.1) is 0 Å². The maximum atomic E-state index is 6.74. The van der Waals surface area contributed by atoms with E-state index in [1.165, 1.54) is 22.2 Å². The van der Waals surface area contributed by atoms with Gasteiger partial charge in [-0.2, -0.15) is 0 Å². The number of furan rings is 2. The highest BCUT2D eigenvalue weighted by Gasteiger charge is 2.27. The minimum atomic E-state index is -0.235. The van der Waals surface area contributed by atoms with E-state index in [0.717, 1.165) is 96.1 Å². The lowest BCUT2D eigenvalue weighted by Crippen LogP contribution is -2.45. The van der Waals surface area contributed by atoms with Crippen molar-refractivity contribution in [3.63, 3.8) is 0 Å². The zero-order chi connectivity index (χ0) is 37.5. The molecular formula is C51H36N4O2. The van der Waals surface area contributed by atoms with Gasteiger partial charge in [0.15, 0.2) is 0 Å². The highest BCUT2D eigenvalue weighted by atomic mass is 16.3. The van der Waals surface area contributed by atoms with Gasteiger partial charge in [-0.15, -0.1) is 0 Å². The van der Waals surface area contributed by atoms with Crippen LogP contribution < -0.4 is 10.6 Å². The maximum Gasteiger partial charge on any atom is 0.143 e. The van der Waals surface area contributed by atoms with Gasteiger partial charge in [0.1, 0.15) is 40.5 Å². The molecule has 0 saturated heterocycles. The molecule has 6 nitrogen and oxygen atoms in total. The first-order valence-electron chi connectivity index (χ1n) is 19.7. The monoisotopic (exact) mass is 736 g/mol. The number of hydrogen-bond donors (Lipinski definition) is 2. The molecule has 2 N–H and O–H groups in total. The third kappa shape index (κ3) is 5.11. The quantitative estimate of drug-likeness (QED) is 0.185. The first-order chi connectivity index (χ1) is 28.2. The fraction of sp³-hybridized carbons (Fsp3) is 0.0784. The Kier molecular flexibility index (Phi) is 7.16. The molecule has 6 heteroatoms. The molecule has 4 heterocycles. The van der Waals surface area contributed by atoms with E-state index in [-0.39, 0.29) is 12.3 Å². The Morgan fingerprint density at radius 2 is 1.35 bits per heavy atom. The van der Waals surface area contributed by atoms with Crippen molar-refractivity contribution in [2.75, 3.05) is 0 Å². The van der Waals surface area contributed by atoms with E-state index >= 15 is 0 Å². The minimum Gasteiger partial charge on any atom is -0.456 e. The van der Waals surface area contributed by atoms with E-state index in [4.69, 9.17) is 13.8 Å². The van der Waals surface area contributed by atoms with Gasteiger partial charge in [-0.25, -0.2) is 4.99 Å². The molecule has 10 aromatic rings. The number of amidine groups is 1. The van der Waals surface area contributed by atoms with Gasteiger partial charge < -0.3 is 18.7 Å². The van der Waals surface area contributed by atoms with Gasteiger partial charge in [-0.3, -0.25) is 5.32 Å². The number of aromatic nitrogens is 1. The standard InChI is InChI=1S/C51H36N4O2/c1-3-13-31(14-4-1)49-52-50(32-15-5-2-6-16-32)54-51(53-49)39-21-12-24-46-47(39)41-29-33(25-27-45(41)56-46)35-19-11-20-38-40-30-34(26-28-44(40)57-48(35)38)55-42-22-9-7-17-36(42)37-18-8-10-23-43(37)55/h1-7,9-17,19-30,49-50,52H,8,18H2,(H,53,54). The third-order valence-electron chi connectivity index (χ3n) is 11.8. The molecule has 0 amide bonds. The number of hydrogen-bond acceptors (Lipinski definition) is 5. The molecule has 7 aromatic carbocycles. The number of nitrogens with zero attached hydrogens (tertiary/aromatic N) is 2. The van der Waals surface area contributed by atoms with Gasteiger partial charge in [-0.1, -0.05) is 121 Å². The van der Waals surface area contributed by atoms with E-state index in [9.17, 15) is 0 Å². The molecule has 0 spiro atoms. The summed E-state index contributed by atoms with van der Waals surface area (Å²) >= 11 is 0. The maximum absolute atomic E-state index is 6.74. The van der Waals surface area contributed by atoms with Gasteiger partial charge in [0.25, 0.3) is 0 Å². The number of para-hydroxylation sites is 2. The molecule has 12 rings (SSSR count). The Bertz CT molecular complexity index is 3260. The first kappa shape index (κ1) is 32.1. The van der Waals surface area contributed by atoms with Crippen molar-refractivity contribution in [2.24, 2.45) is 4.99 Å². The lowest BCUT2D eigenvalue weighted by atomic mass is 9.98. The van der Waals surface area contributed by atoms with Crippen molar-refractivity contribution in [1.29, 1.82) is 0 Å². The van der Waals surface area contributed by atoms with Crippen LogP contribution in [0.5, 0.6) is 0 Å². The van der Waals surface area contributed by atoms with Gasteiger partial charge >= 0.3 is 0 Å². The molecule has 272 valence electrons. The third-order valence-corrected chi connectivity index (χ3v) is 11.8. The highest BCUT2D eigenvalue weighted by Crippen LogP contribution is 2.41. The number of benzene rings is 7. The van der Waals surface area contributed by atoms with Crippen LogP contribution in [-0.2, 0) is 6.42 Å². The van der Waals surface area contributed by atoms with Crippen molar-refractivity contribution >= 4 is 66.7 Å². The number of fused-ring (bicyclic) bond motifs is 9. The van der Waals surface area contributed by atoms with Crippen LogP contribution in [0.2, 0.25) is 0 Å². The van der Waals surface area contributed by atoms with Gasteiger partial charge in [0.2, 0.25) is 0 Å². The second-order valence-electron chi connectivity index (χ2n) is 15.1. The molecule has 1 aliphatic carbocycles. The Morgan fingerprint density at radius 1 is 0.596 bits per heavy atom. The zero-order valence-corrected chi connectivity index (χ0v) is 30.9. The fourth-order valence-corrected chi connectivity index (χ4v) is 9.13. The normalized spacial score (nSPS) is 16.7. The molecule has 0 radical (unpaired) electrons. The summed E-state index contributed by atoms with van der Waals surface area (Å²) in [5.41, 5.74) is 13.8. The van der Waals surface area contributed by atoms with Crippen LogP contribution in [0.25, 0.3) is 77.7 Å². The lowest BCUT2D eigenvalue weighted by Gasteiger charge is -2.32. The van der Waals surface area contributed by atoms with E-state index in [1.54, 1.807) is 0 Å². The van der Waals surface area contributed by atoms with Gasteiger partial charge in [0.05, 0.1) is 5.52 Å². The van der Waals surface area contributed by atoms with Crippen molar-refractivity contribution in [3.05, 3.63) is 192 Å². The Balaban J connectivity index is 0.994. The predicted octanol–water partition coefficient (Wildman–Crippen LogP) is 12.4. The molecule has 1 aliphatic heterocycles. The molecule has 2 aliphatic rings. The van der Waals surface area contributed by atoms with Gasteiger partial charge in [0, 0.05) is 49.4 Å². The summed E-state index contributed by atoms with van der Waals surface area (Å²) in [6.45, 7) is 0. The number of rotatable bonds is 5. The summed E-state index contributed by atoms with van der Waals surface area (Å²) in [7, 11) is 0. The van der Waals surface area contributed by atoms with Crippen LogP contribution in [0.15, 0.2) is 178 Å². The van der Waals surface area contributed by atoms with Crippen molar-refractivity contribution in [2.45, 2.75) is 25.2 Å². The Morgan fingerprint density at radius 3 is 2.25 bits per heavy atom. The summed E-state index contributed by atoms with van der Waals surface area (Å²) in [5.74, 6) is 0.817. The number of allylic oxidation sites excluding steroid dienone is 1. The highest BCUT2D eigenvalue weighted by molar-refractivity contribution is 6.19. The summed E-state index contributed by atoms with van der Waals surface area (Å²) in [6, 6.07) is 55.4. The molecular weight excluding hydrogens is 701 g/mol. The molecule has 57 heavy (non-hydrogen) atoms. The number of aryl methyl sites for hydroxylation is 1. The zero-order valence-electron chi connectivity index (χ0n) is 30.9. The van der Waals surface area contributed by atoms with Crippen LogP contribution in [0.3, 0.4) is 0 Å². The molecule has 2 atom stereocenters. The average Bonchev–Trinajstić information content (AvgIpc) is 3.96. The molecule has 3 aromatic heterocycles. The molecule has 0 saturated carbocycles. The summed E-state index contributed by atoms with van der Waals surface area (Å²) in [5, 5.41) is 13.0. The SMILES string of the molecule is C1=Cc2c(c3ccccc3n2-c2ccc3oc4c(-c5ccc6oc7cccc(C8=NC(c9ccccc9)NC(c9ccccc9)N8)c7c6c5)cccc4c3c2)CC1. The minimum absolute atomic E-state index is 0.141. The predicted molar refractivity (Wildman–Crippen MR) is 232 cm³/mol. The van der Waals surface area contributed by atoms with E-state index in [2.05, 4.69) is 161 Å². The number of nitrogens with one attached hydrogen (secondary N) is 2. The Hall–Kier alpha value is -7.15. The smallest absolute Gasteiger partial charge is 0.143 e. The van der Waals surface area contributed by atoms with E-state index in [1.807, 2.05) is 24.3 Å². The van der Waals surface area contributed by atoms with Crippen molar-refractivity contribution < 1.29 is 8.83 Å². The summed E-state index contributed by atoms with van der Waals surface area (Å²) in [4.78, 5) is 5.28. The topological polar surface area (TPSA) is 67.6 Å². The van der Waals surface area contributed by atoms with E-state index in [0.29, 0.717) is 0 Å². The summed E-state index contributed by atoms with van der Waals surface area (Å²) in [6.07, 6.45) is 6.33. The van der Waals surface area contributed by atoms with Crippen molar-refractivity contribution in [1.82, 2.24) is 15.2 Å². The van der Waals surface area contributed by atoms with Crippen LogP contribution in [0.4, 0.5) is 0 Å². The first-order valence-corrected chi connectivity index (χ1v) is 19.7. The molecule has 0 bridgehead atoms. The second-order valence-corrected chi connectivity index (χ2v) is 15.1. The summed E-state index contributed by atoms with van der Waals surface area (Å²) < 4.78 is 15.7. The van der Waals surface area contributed by atoms with Crippen molar-refractivity contribution in [3.8, 4) is 16.8 Å². The van der Waals surface area contributed by atoms with E-state index < -0.39 is 0 Å². The van der Waals surface area contributed by atoms with Crippen LogP contribution in [-0.4, -0.2) is 10.4 Å². The average molecular weight is 737 g/mol. The second kappa shape index (κ2) is 12.7. The molecule has 2 unspecified atom stereocenters. The Labute approximate surface area is 328 Å². The van der Waals surface area contributed by atoms with Crippen LogP contribution in [0.1, 0.15) is 46.7 Å². The molecule has 0 fully saturated rings. The fourth-order valence-electron chi connectivity index (χ4n) is 9.13.